The highest BCUT2D eigenvalue weighted by Crippen LogP contribution is 2.40. The Kier molecular flexibility index (Phi) is 5.16. The minimum atomic E-state index is -0.371. The van der Waals surface area contributed by atoms with Crippen LogP contribution in [0.4, 0.5) is 0 Å². The monoisotopic (exact) mass is 338 g/mol. The first kappa shape index (κ1) is 16.5. The van der Waals surface area contributed by atoms with Gasteiger partial charge in [-0.1, -0.05) is 55.5 Å². The van der Waals surface area contributed by atoms with Gasteiger partial charge in [-0.2, -0.15) is 0 Å². The summed E-state index contributed by atoms with van der Waals surface area (Å²) in [5, 5.41) is 0.871. The van der Waals surface area contributed by atoms with E-state index in [2.05, 4.69) is 0 Å². The number of ketones is 1. The molecule has 0 spiro atoms. The van der Waals surface area contributed by atoms with Gasteiger partial charge in [0.1, 0.15) is 11.4 Å². The van der Waals surface area contributed by atoms with Crippen molar-refractivity contribution in [3.8, 4) is 0 Å². The topological polar surface area (TPSA) is 47.3 Å². The molecule has 3 nitrogen and oxygen atoms in total. The van der Waals surface area contributed by atoms with Crippen molar-refractivity contribution in [2.24, 2.45) is 0 Å². The number of thioether (sulfide) groups is 1. The van der Waals surface area contributed by atoms with Gasteiger partial charge < -0.3 is 4.42 Å². The quantitative estimate of drug-likeness (QED) is 0.469. The van der Waals surface area contributed by atoms with Gasteiger partial charge in [0.05, 0.1) is 0 Å². The van der Waals surface area contributed by atoms with E-state index in [1.54, 1.807) is 17.8 Å². The zero-order valence-electron chi connectivity index (χ0n) is 13.4. The van der Waals surface area contributed by atoms with Crippen molar-refractivity contribution in [1.29, 1.82) is 0 Å². The first-order chi connectivity index (χ1) is 11.7. The van der Waals surface area contributed by atoms with Gasteiger partial charge in [-0.15, -0.1) is 11.8 Å². The van der Waals surface area contributed by atoms with Gasteiger partial charge in [0.2, 0.25) is 0 Å². The van der Waals surface area contributed by atoms with Gasteiger partial charge in [-0.25, -0.2) is 4.79 Å². The number of carbonyl (C=O) groups is 1. The smallest absolute Gasteiger partial charge is 0.337 e. The van der Waals surface area contributed by atoms with E-state index in [0.29, 0.717) is 18.4 Å². The molecule has 0 fully saturated rings. The van der Waals surface area contributed by atoms with Crippen LogP contribution in [0, 0.1) is 0 Å². The van der Waals surface area contributed by atoms with Gasteiger partial charge in [-0.3, -0.25) is 4.79 Å². The maximum atomic E-state index is 12.0. The summed E-state index contributed by atoms with van der Waals surface area (Å²) in [6.07, 6.45) is 0.960. The van der Waals surface area contributed by atoms with E-state index >= 15 is 0 Å². The van der Waals surface area contributed by atoms with Crippen LogP contribution in [-0.4, -0.2) is 5.78 Å². The number of Topliss-reactive ketones (excluding diaryl/α,β-unsaturated/α-hetero) is 1. The molecule has 122 valence electrons. The van der Waals surface area contributed by atoms with Crippen LogP contribution in [0.1, 0.15) is 30.6 Å². The summed E-state index contributed by atoms with van der Waals surface area (Å²) in [7, 11) is 0. The third kappa shape index (κ3) is 3.77. The van der Waals surface area contributed by atoms with E-state index in [4.69, 9.17) is 4.42 Å². The molecule has 0 radical (unpaired) electrons. The lowest BCUT2D eigenvalue weighted by atomic mass is 10.1. The SMILES string of the molecule is CCC(=O)CC(Sc1cc(=O)oc2ccccc12)c1ccccc1. The van der Waals surface area contributed by atoms with Gasteiger partial charge in [0.15, 0.2) is 0 Å². The van der Waals surface area contributed by atoms with Crippen LogP contribution in [-0.2, 0) is 4.79 Å². The lowest BCUT2D eigenvalue weighted by Gasteiger charge is -2.17. The van der Waals surface area contributed by atoms with Gasteiger partial charge in [-0.05, 0) is 11.6 Å². The number of hydrogen-bond acceptors (Lipinski definition) is 4. The number of carbonyl (C=O) groups excluding carboxylic acids is 1. The Morgan fingerprint density at radius 1 is 1.08 bits per heavy atom. The minimum absolute atomic E-state index is 0.0242. The molecule has 4 heteroatoms. The van der Waals surface area contributed by atoms with Crippen LogP contribution < -0.4 is 5.63 Å². The molecule has 0 saturated carbocycles. The number of benzene rings is 2. The van der Waals surface area contributed by atoms with Crippen molar-refractivity contribution in [2.45, 2.75) is 29.9 Å². The largest absolute Gasteiger partial charge is 0.423 e. The Labute approximate surface area is 144 Å². The molecule has 0 aliphatic rings. The van der Waals surface area contributed by atoms with E-state index < -0.39 is 0 Å². The summed E-state index contributed by atoms with van der Waals surface area (Å²) >= 11 is 1.55. The highest BCUT2D eigenvalue weighted by molar-refractivity contribution is 7.99. The van der Waals surface area contributed by atoms with Crippen LogP contribution in [0.3, 0.4) is 0 Å². The molecule has 0 N–H and O–H groups in total. The van der Waals surface area contributed by atoms with Crippen molar-refractivity contribution in [1.82, 2.24) is 0 Å². The fraction of sp³-hybridized carbons (Fsp3) is 0.200. The molecule has 1 atom stereocenters. The Bertz CT molecular complexity index is 899. The van der Waals surface area contributed by atoms with Crippen molar-refractivity contribution in [3.63, 3.8) is 0 Å². The fourth-order valence-corrected chi connectivity index (χ4v) is 3.91. The molecule has 24 heavy (non-hydrogen) atoms. The second kappa shape index (κ2) is 7.49. The Hall–Kier alpha value is -2.33. The molecule has 1 heterocycles. The molecule has 0 aliphatic carbocycles. The third-order valence-corrected chi connectivity index (χ3v) is 5.18. The summed E-state index contributed by atoms with van der Waals surface area (Å²) in [6, 6.07) is 18.9. The predicted molar refractivity (Wildman–Crippen MR) is 97.4 cm³/mol. The molecule has 0 saturated heterocycles. The van der Waals surface area contributed by atoms with Gasteiger partial charge in [0, 0.05) is 34.4 Å². The van der Waals surface area contributed by atoms with Crippen LogP contribution in [0.25, 0.3) is 11.0 Å². The van der Waals surface area contributed by atoms with Crippen LogP contribution in [0.5, 0.6) is 0 Å². The summed E-state index contributed by atoms with van der Waals surface area (Å²) in [5.74, 6) is 0.212. The molecular weight excluding hydrogens is 320 g/mol. The van der Waals surface area contributed by atoms with Crippen molar-refractivity contribution in [3.05, 3.63) is 76.6 Å². The molecule has 0 aliphatic heterocycles. The lowest BCUT2D eigenvalue weighted by molar-refractivity contribution is -0.118. The molecule has 2 aromatic carbocycles. The maximum absolute atomic E-state index is 12.0. The molecule has 3 aromatic rings. The van der Waals surface area contributed by atoms with Gasteiger partial charge in [0.25, 0.3) is 0 Å². The van der Waals surface area contributed by atoms with Gasteiger partial charge >= 0.3 is 5.63 Å². The van der Waals surface area contributed by atoms with Crippen LogP contribution >= 0.6 is 11.8 Å². The van der Waals surface area contributed by atoms with Crippen LogP contribution in [0.15, 0.2) is 74.8 Å². The molecule has 0 amide bonds. The number of hydrogen-bond donors (Lipinski definition) is 0. The Balaban J connectivity index is 2.01. The van der Waals surface area contributed by atoms with E-state index in [0.717, 1.165) is 15.8 Å². The standard InChI is InChI=1S/C20H18O3S/c1-2-15(21)12-18(14-8-4-3-5-9-14)24-19-13-20(22)23-17-11-7-6-10-16(17)19/h3-11,13,18H,2,12H2,1H3. The normalized spacial score (nSPS) is 12.2. The second-order valence-electron chi connectivity index (χ2n) is 5.54. The van der Waals surface area contributed by atoms with E-state index in [9.17, 15) is 9.59 Å². The average Bonchev–Trinajstić information content (AvgIpc) is 2.61. The highest BCUT2D eigenvalue weighted by Gasteiger charge is 2.18. The zero-order chi connectivity index (χ0) is 16.9. The molecule has 0 bridgehead atoms. The van der Waals surface area contributed by atoms with E-state index in [1.165, 1.54) is 6.07 Å². The maximum Gasteiger partial charge on any atom is 0.337 e. The third-order valence-electron chi connectivity index (χ3n) is 3.86. The minimum Gasteiger partial charge on any atom is -0.423 e. The summed E-state index contributed by atoms with van der Waals surface area (Å²) in [6.45, 7) is 1.88. The summed E-state index contributed by atoms with van der Waals surface area (Å²) < 4.78 is 5.26. The predicted octanol–water partition coefficient (Wildman–Crippen LogP) is 5.00. The first-order valence-electron chi connectivity index (χ1n) is 7.93. The Morgan fingerprint density at radius 3 is 2.54 bits per heavy atom. The first-order valence-corrected chi connectivity index (χ1v) is 8.81. The highest BCUT2D eigenvalue weighted by atomic mass is 32.2. The van der Waals surface area contributed by atoms with Crippen molar-refractivity contribution >= 4 is 28.5 Å². The Morgan fingerprint density at radius 2 is 1.79 bits per heavy atom. The van der Waals surface area contributed by atoms with Crippen LogP contribution in [0.2, 0.25) is 0 Å². The van der Waals surface area contributed by atoms with Crippen molar-refractivity contribution < 1.29 is 9.21 Å². The second-order valence-corrected chi connectivity index (χ2v) is 6.78. The summed E-state index contributed by atoms with van der Waals surface area (Å²) in [5.41, 5.74) is 1.28. The molecule has 3 rings (SSSR count). The molecule has 1 unspecified atom stereocenters. The zero-order valence-corrected chi connectivity index (χ0v) is 14.2. The average molecular weight is 338 g/mol. The molecule has 1 aromatic heterocycles. The fourth-order valence-electron chi connectivity index (χ4n) is 2.58. The van der Waals surface area contributed by atoms with Crippen molar-refractivity contribution in [2.75, 3.05) is 0 Å². The number of rotatable bonds is 6. The summed E-state index contributed by atoms with van der Waals surface area (Å²) in [4.78, 5) is 24.7. The van der Waals surface area contributed by atoms with E-state index in [-0.39, 0.29) is 16.7 Å². The number of fused-ring (bicyclic) bond motifs is 1. The number of para-hydroxylation sites is 1. The lowest BCUT2D eigenvalue weighted by Crippen LogP contribution is -2.05. The van der Waals surface area contributed by atoms with E-state index in [1.807, 2.05) is 55.5 Å². The molecular formula is C20H18O3S.